The van der Waals surface area contributed by atoms with E-state index in [1.54, 1.807) is 12.1 Å². The predicted octanol–water partition coefficient (Wildman–Crippen LogP) is 2.25. The summed E-state index contributed by atoms with van der Waals surface area (Å²) in [4.78, 5) is 24.2. The maximum atomic E-state index is 11.9. The highest BCUT2D eigenvalue weighted by Gasteiger charge is 2.33. The molecule has 1 fully saturated rings. The summed E-state index contributed by atoms with van der Waals surface area (Å²) < 4.78 is 4.70. The lowest BCUT2D eigenvalue weighted by atomic mass is 10.1. The van der Waals surface area contributed by atoms with Crippen LogP contribution in [0.5, 0.6) is 0 Å². The standard InChI is InChI=1S/C12H12ClNO3/c1-8-2-4-9(5-3-8)10(13)11(15)14-6-7-17-12(14)16/h2-5,10H,6-7H2,1H3/t10-/m1/s1. The maximum absolute atomic E-state index is 11.9. The number of carbonyl (C=O) groups is 2. The van der Waals surface area contributed by atoms with Crippen LogP contribution in [-0.2, 0) is 9.53 Å². The summed E-state index contributed by atoms with van der Waals surface area (Å²) in [5.74, 6) is -0.432. The highest BCUT2D eigenvalue weighted by molar-refractivity contribution is 6.31. The van der Waals surface area contributed by atoms with Crippen LogP contribution in [0.2, 0.25) is 0 Å². The summed E-state index contributed by atoms with van der Waals surface area (Å²) >= 11 is 6.06. The van der Waals surface area contributed by atoms with E-state index < -0.39 is 17.4 Å². The molecule has 0 N–H and O–H groups in total. The van der Waals surface area contributed by atoms with Crippen LogP contribution in [-0.4, -0.2) is 30.1 Å². The van der Waals surface area contributed by atoms with Crippen molar-refractivity contribution in [3.63, 3.8) is 0 Å². The van der Waals surface area contributed by atoms with Crippen molar-refractivity contribution >= 4 is 23.6 Å². The fourth-order valence-electron chi connectivity index (χ4n) is 1.61. The highest BCUT2D eigenvalue weighted by atomic mass is 35.5. The minimum atomic E-state index is -0.846. The number of rotatable bonds is 2. The van der Waals surface area contributed by atoms with Crippen molar-refractivity contribution in [3.8, 4) is 0 Å². The Morgan fingerprint density at radius 3 is 2.59 bits per heavy atom. The third kappa shape index (κ3) is 2.42. The van der Waals surface area contributed by atoms with Gasteiger partial charge in [0.1, 0.15) is 12.0 Å². The van der Waals surface area contributed by atoms with Gasteiger partial charge >= 0.3 is 6.09 Å². The first kappa shape index (κ1) is 11.9. The number of benzene rings is 1. The number of alkyl halides is 1. The zero-order valence-electron chi connectivity index (χ0n) is 9.35. The molecule has 0 saturated carbocycles. The lowest BCUT2D eigenvalue weighted by Gasteiger charge is -2.15. The van der Waals surface area contributed by atoms with Crippen LogP contribution in [0.3, 0.4) is 0 Å². The molecule has 90 valence electrons. The molecule has 1 atom stereocenters. The molecule has 0 aromatic heterocycles. The van der Waals surface area contributed by atoms with E-state index >= 15 is 0 Å². The van der Waals surface area contributed by atoms with Crippen LogP contribution in [0.4, 0.5) is 4.79 Å². The molecule has 0 bridgehead atoms. The van der Waals surface area contributed by atoms with Gasteiger partial charge in [-0.2, -0.15) is 0 Å². The van der Waals surface area contributed by atoms with Crippen LogP contribution < -0.4 is 0 Å². The first-order chi connectivity index (χ1) is 8.09. The van der Waals surface area contributed by atoms with E-state index in [2.05, 4.69) is 0 Å². The van der Waals surface area contributed by atoms with E-state index in [-0.39, 0.29) is 13.2 Å². The van der Waals surface area contributed by atoms with Gasteiger partial charge in [-0.05, 0) is 12.5 Å². The molecule has 2 rings (SSSR count). The van der Waals surface area contributed by atoms with Crippen molar-refractivity contribution in [2.45, 2.75) is 12.3 Å². The van der Waals surface area contributed by atoms with Crippen molar-refractivity contribution in [1.82, 2.24) is 4.90 Å². The normalized spacial score (nSPS) is 16.8. The average molecular weight is 254 g/mol. The Labute approximate surface area is 104 Å². The molecular formula is C12H12ClNO3. The number of imide groups is 1. The molecule has 4 nitrogen and oxygen atoms in total. The molecule has 0 spiro atoms. The summed E-state index contributed by atoms with van der Waals surface area (Å²) in [6, 6.07) is 7.32. The number of amides is 2. The molecule has 1 aromatic rings. The average Bonchev–Trinajstić information content (AvgIpc) is 2.74. The fourth-order valence-corrected chi connectivity index (χ4v) is 1.87. The molecule has 0 unspecified atom stereocenters. The maximum Gasteiger partial charge on any atom is 0.416 e. The van der Waals surface area contributed by atoms with E-state index in [0.717, 1.165) is 10.5 Å². The van der Waals surface area contributed by atoms with Gasteiger partial charge in [-0.25, -0.2) is 9.69 Å². The van der Waals surface area contributed by atoms with Crippen LogP contribution in [0.1, 0.15) is 16.5 Å². The first-order valence-electron chi connectivity index (χ1n) is 5.28. The van der Waals surface area contributed by atoms with Gasteiger partial charge in [0.05, 0.1) is 6.54 Å². The van der Waals surface area contributed by atoms with Crippen molar-refractivity contribution in [3.05, 3.63) is 35.4 Å². The molecular weight excluding hydrogens is 242 g/mol. The Balaban J connectivity index is 2.14. The van der Waals surface area contributed by atoms with Gasteiger partial charge in [0.2, 0.25) is 0 Å². The zero-order valence-corrected chi connectivity index (χ0v) is 10.1. The van der Waals surface area contributed by atoms with E-state index in [1.807, 2.05) is 19.1 Å². The topological polar surface area (TPSA) is 46.6 Å². The molecule has 2 amide bonds. The van der Waals surface area contributed by atoms with Gasteiger partial charge in [-0.15, -0.1) is 11.6 Å². The zero-order chi connectivity index (χ0) is 12.4. The molecule has 0 radical (unpaired) electrons. The Morgan fingerprint density at radius 1 is 1.41 bits per heavy atom. The molecule has 1 aliphatic heterocycles. The first-order valence-corrected chi connectivity index (χ1v) is 5.72. The lowest BCUT2D eigenvalue weighted by Crippen LogP contribution is -2.34. The Morgan fingerprint density at radius 2 is 2.06 bits per heavy atom. The van der Waals surface area contributed by atoms with E-state index in [1.165, 1.54) is 0 Å². The lowest BCUT2D eigenvalue weighted by molar-refractivity contribution is -0.127. The van der Waals surface area contributed by atoms with Gasteiger partial charge in [0, 0.05) is 0 Å². The van der Waals surface area contributed by atoms with Crippen molar-refractivity contribution < 1.29 is 14.3 Å². The van der Waals surface area contributed by atoms with Gasteiger partial charge in [-0.3, -0.25) is 4.79 Å². The van der Waals surface area contributed by atoms with Crippen LogP contribution in [0.15, 0.2) is 24.3 Å². The molecule has 5 heteroatoms. The van der Waals surface area contributed by atoms with Gasteiger partial charge in [0.15, 0.2) is 0 Å². The number of hydrogen-bond donors (Lipinski definition) is 0. The predicted molar refractivity (Wildman–Crippen MR) is 62.8 cm³/mol. The molecule has 1 saturated heterocycles. The molecule has 1 aromatic carbocycles. The highest BCUT2D eigenvalue weighted by Crippen LogP contribution is 2.24. The van der Waals surface area contributed by atoms with Gasteiger partial charge in [-0.1, -0.05) is 29.8 Å². The Bertz CT molecular complexity index is 444. The number of hydrogen-bond acceptors (Lipinski definition) is 3. The summed E-state index contributed by atoms with van der Waals surface area (Å²) in [5.41, 5.74) is 1.77. The third-order valence-electron chi connectivity index (χ3n) is 2.61. The summed E-state index contributed by atoms with van der Waals surface area (Å²) in [6.45, 7) is 2.46. The number of ether oxygens (including phenoxy) is 1. The Hall–Kier alpha value is -1.55. The van der Waals surface area contributed by atoms with E-state index in [9.17, 15) is 9.59 Å². The third-order valence-corrected chi connectivity index (χ3v) is 3.05. The fraction of sp³-hybridized carbons (Fsp3) is 0.333. The van der Waals surface area contributed by atoms with E-state index in [0.29, 0.717) is 5.56 Å². The SMILES string of the molecule is Cc1ccc([C@@H](Cl)C(=O)N2CCOC2=O)cc1. The van der Waals surface area contributed by atoms with E-state index in [4.69, 9.17) is 16.3 Å². The number of halogens is 1. The van der Waals surface area contributed by atoms with Crippen molar-refractivity contribution in [2.24, 2.45) is 0 Å². The quantitative estimate of drug-likeness (QED) is 0.760. The number of carbonyl (C=O) groups excluding carboxylic acids is 2. The molecule has 1 aliphatic rings. The van der Waals surface area contributed by atoms with Crippen molar-refractivity contribution in [2.75, 3.05) is 13.2 Å². The van der Waals surface area contributed by atoms with Gasteiger partial charge < -0.3 is 4.74 Å². The van der Waals surface area contributed by atoms with Crippen LogP contribution in [0, 0.1) is 6.92 Å². The van der Waals surface area contributed by atoms with Crippen LogP contribution >= 0.6 is 11.6 Å². The summed E-state index contributed by atoms with van der Waals surface area (Å²) in [7, 11) is 0. The van der Waals surface area contributed by atoms with Gasteiger partial charge in [0.25, 0.3) is 5.91 Å². The molecule has 0 aliphatic carbocycles. The van der Waals surface area contributed by atoms with Crippen molar-refractivity contribution in [1.29, 1.82) is 0 Å². The molecule has 1 heterocycles. The Kier molecular flexibility index (Phi) is 3.33. The second-order valence-corrected chi connectivity index (χ2v) is 4.31. The summed E-state index contributed by atoms with van der Waals surface area (Å²) in [5, 5.41) is -0.846. The minimum absolute atomic E-state index is 0.238. The minimum Gasteiger partial charge on any atom is -0.447 e. The van der Waals surface area contributed by atoms with Crippen LogP contribution in [0.25, 0.3) is 0 Å². The number of nitrogens with zero attached hydrogens (tertiary/aromatic N) is 1. The number of aryl methyl sites for hydroxylation is 1. The number of cyclic esters (lactones) is 1. The second kappa shape index (κ2) is 4.75. The summed E-state index contributed by atoms with van der Waals surface area (Å²) in [6.07, 6.45) is -0.618. The molecule has 17 heavy (non-hydrogen) atoms. The second-order valence-electron chi connectivity index (χ2n) is 3.88. The smallest absolute Gasteiger partial charge is 0.416 e. The largest absolute Gasteiger partial charge is 0.447 e. The monoisotopic (exact) mass is 253 g/mol.